The fourth-order valence-corrected chi connectivity index (χ4v) is 4.08. The molecule has 3 aromatic rings. The highest BCUT2D eigenvalue weighted by molar-refractivity contribution is 5.95. The molecule has 0 spiro atoms. The number of nitrogens with zero attached hydrogens (tertiary/aromatic N) is 7. The SMILES string of the molecule is CC(C)C(=NOCn1cncn1)C1(C(O)(Cn2cncn2)c2ccc(F)cc2F)CC1. The number of hydrogen-bond acceptors (Lipinski definition) is 7. The zero-order valence-corrected chi connectivity index (χ0v) is 17.2. The third-order valence-electron chi connectivity index (χ3n) is 5.63. The lowest BCUT2D eigenvalue weighted by Crippen LogP contribution is -2.47. The molecule has 1 aliphatic carbocycles. The van der Waals surface area contributed by atoms with E-state index in [1.54, 1.807) is 0 Å². The van der Waals surface area contributed by atoms with E-state index in [0.717, 1.165) is 12.1 Å². The van der Waals surface area contributed by atoms with Crippen LogP contribution in [0, 0.1) is 23.0 Å². The van der Waals surface area contributed by atoms with E-state index in [2.05, 4.69) is 25.3 Å². The van der Waals surface area contributed by atoms with E-state index in [0.29, 0.717) is 18.6 Å². The largest absolute Gasteiger partial charge is 0.382 e. The normalized spacial score (nSPS) is 17.5. The van der Waals surface area contributed by atoms with Crippen molar-refractivity contribution in [1.29, 1.82) is 0 Å². The molecule has 9 nitrogen and oxygen atoms in total. The molecule has 164 valence electrons. The molecule has 0 bridgehead atoms. The molecule has 1 unspecified atom stereocenters. The van der Waals surface area contributed by atoms with Gasteiger partial charge < -0.3 is 9.94 Å². The van der Waals surface area contributed by atoms with Gasteiger partial charge in [0, 0.05) is 17.0 Å². The van der Waals surface area contributed by atoms with Crippen LogP contribution in [0.5, 0.6) is 0 Å². The van der Waals surface area contributed by atoms with Crippen LogP contribution in [0.4, 0.5) is 8.78 Å². The Bertz CT molecular complexity index is 1050. The van der Waals surface area contributed by atoms with Crippen molar-refractivity contribution in [3.05, 3.63) is 60.7 Å². The summed E-state index contributed by atoms with van der Waals surface area (Å²) < 4.78 is 31.4. The summed E-state index contributed by atoms with van der Waals surface area (Å²) in [6, 6.07) is 3.18. The first kappa shape index (κ1) is 21.0. The lowest BCUT2D eigenvalue weighted by molar-refractivity contribution is -0.0365. The van der Waals surface area contributed by atoms with Gasteiger partial charge in [-0.3, -0.25) is 0 Å². The molecular formula is C20H23F2N7O2. The molecule has 0 saturated heterocycles. The zero-order valence-electron chi connectivity index (χ0n) is 17.2. The third kappa shape index (κ3) is 3.92. The maximum absolute atomic E-state index is 14.9. The second-order valence-corrected chi connectivity index (χ2v) is 7.98. The summed E-state index contributed by atoms with van der Waals surface area (Å²) in [7, 11) is 0. The van der Waals surface area contributed by atoms with Gasteiger partial charge in [0.25, 0.3) is 0 Å². The van der Waals surface area contributed by atoms with Crippen molar-refractivity contribution in [1.82, 2.24) is 29.5 Å². The van der Waals surface area contributed by atoms with Crippen LogP contribution in [0.15, 0.2) is 48.7 Å². The maximum Gasteiger partial charge on any atom is 0.210 e. The molecule has 0 radical (unpaired) electrons. The topological polar surface area (TPSA) is 103 Å². The Morgan fingerprint density at radius 3 is 2.42 bits per heavy atom. The molecule has 1 saturated carbocycles. The Morgan fingerprint density at radius 2 is 1.87 bits per heavy atom. The average Bonchev–Trinajstić information content (AvgIpc) is 3.11. The summed E-state index contributed by atoms with van der Waals surface area (Å²) in [6.07, 6.45) is 6.76. The Morgan fingerprint density at radius 1 is 1.19 bits per heavy atom. The number of hydrogen-bond donors (Lipinski definition) is 1. The van der Waals surface area contributed by atoms with Crippen LogP contribution in [-0.2, 0) is 23.7 Å². The van der Waals surface area contributed by atoms with E-state index in [4.69, 9.17) is 4.84 Å². The van der Waals surface area contributed by atoms with E-state index in [-0.39, 0.29) is 24.8 Å². The van der Waals surface area contributed by atoms with Crippen molar-refractivity contribution in [2.45, 2.75) is 45.6 Å². The first-order chi connectivity index (χ1) is 14.9. The Labute approximate surface area is 177 Å². The number of aliphatic hydroxyl groups is 1. The fourth-order valence-electron chi connectivity index (χ4n) is 4.08. The molecule has 0 aliphatic heterocycles. The van der Waals surface area contributed by atoms with Gasteiger partial charge in [-0.15, -0.1) is 0 Å². The number of benzene rings is 1. The molecule has 1 N–H and O–H groups in total. The highest BCUT2D eigenvalue weighted by Gasteiger charge is 2.64. The average molecular weight is 431 g/mol. The zero-order chi connectivity index (χ0) is 22.1. The quantitative estimate of drug-likeness (QED) is 0.413. The van der Waals surface area contributed by atoms with Crippen molar-refractivity contribution < 1.29 is 18.7 Å². The van der Waals surface area contributed by atoms with Gasteiger partial charge in [0.05, 0.1) is 12.3 Å². The van der Waals surface area contributed by atoms with E-state index in [1.165, 1.54) is 40.7 Å². The van der Waals surface area contributed by atoms with Crippen molar-refractivity contribution in [3.8, 4) is 0 Å². The molecular weight excluding hydrogens is 408 g/mol. The van der Waals surface area contributed by atoms with Crippen LogP contribution in [0.2, 0.25) is 0 Å². The summed E-state index contributed by atoms with van der Waals surface area (Å²) in [5.41, 5.74) is -2.10. The monoisotopic (exact) mass is 431 g/mol. The summed E-state index contributed by atoms with van der Waals surface area (Å²) in [5.74, 6) is -1.66. The van der Waals surface area contributed by atoms with Crippen LogP contribution in [0.25, 0.3) is 0 Å². The minimum atomic E-state index is -1.75. The highest BCUT2D eigenvalue weighted by atomic mass is 19.1. The molecule has 1 fully saturated rings. The summed E-state index contributed by atoms with van der Waals surface area (Å²) in [4.78, 5) is 13.3. The molecule has 1 aliphatic rings. The molecule has 0 amide bonds. The molecule has 11 heteroatoms. The Balaban J connectivity index is 1.74. The number of halogens is 2. The minimum absolute atomic E-state index is 0.0217. The number of rotatable bonds is 9. The van der Waals surface area contributed by atoms with Gasteiger partial charge in [-0.1, -0.05) is 25.1 Å². The van der Waals surface area contributed by atoms with Crippen molar-refractivity contribution in [3.63, 3.8) is 0 Å². The van der Waals surface area contributed by atoms with Crippen molar-refractivity contribution >= 4 is 5.71 Å². The molecule has 4 rings (SSSR count). The summed E-state index contributed by atoms with van der Waals surface area (Å²) in [6.45, 7) is 3.81. The number of aromatic nitrogens is 6. The van der Waals surface area contributed by atoms with Gasteiger partial charge in [0.2, 0.25) is 6.73 Å². The second-order valence-electron chi connectivity index (χ2n) is 7.98. The van der Waals surface area contributed by atoms with E-state index in [1.807, 2.05) is 13.8 Å². The predicted molar refractivity (Wildman–Crippen MR) is 105 cm³/mol. The van der Waals surface area contributed by atoms with Gasteiger partial charge in [-0.25, -0.2) is 28.1 Å². The standard InChI is InChI=1S/C20H23F2N7O2/c1-14(2)18(27-31-13-29-12-24-10-26-29)19(5-6-19)20(30,8-28-11-23-9-25-28)16-4-3-15(21)7-17(16)22/h3-4,7,9-12,14,30H,5-6,8,13H2,1-2H3. The third-order valence-corrected chi connectivity index (χ3v) is 5.63. The minimum Gasteiger partial charge on any atom is -0.382 e. The van der Waals surface area contributed by atoms with Crippen molar-refractivity contribution in [2.75, 3.05) is 0 Å². The first-order valence-corrected chi connectivity index (χ1v) is 9.89. The van der Waals surface area contributed by atoms with Crippen LogP contribution in [0.3, 0.4) is 0 Å². The smallest absolute Gasteiger partial charge is 0.210 e. The first-order valence-electron chi connectivity index (χ1n) is 9.89. The van der Waals surface area contributed by atoms with E-state index in [9.17, 15) is 13.9 Å². The van der Waals surface area contributed by atoms with E-state index < -0.39 is 22.7 Å². The summed E-state index contributed by atoms with van der Waals surface area (Å²) in [5, 5.41) is 24.4. The van der Waals surface area contributed by atoms with Crippen LogP contribution < -0.4 is 0 Å². The van der Waals surface area contributed by atoms with Crippen molar-refractivity contribution in [2.24, 2.45) is 16.5 Å². The maximum atomic E-state index is 14.9. The van der Waals surface area contributed by atoms with Crippen LogP contribution >= 0.6 is 0 Å². The lowest BCUT2D eigenvalue weighted by Gasteiger charge is -2.39. The molecule has 31 heavy (non-hydrogen) atoms. The van der Waals surface area contributed by atoms with Gasteiger partial charge in [-0.2, -0.15) is 10.2 Å². The predicted octanol–water partition coefficient (Wildman–Crippen LogP) is 2.50. The van der Waals surface area contributed by atoms with Gasteiger partial charge in [0.1, 0.15) is 42.5 Å². The molecule has 1 aromatic carbocycles. The fraction of sp³-hybridized carbons (Fsp3) is 0.450. The second kappa shape index (κ2) is 8.14. The van der Waals surface area contributed by atoms with Crippen LogP contribution in [0.1, 0.15) is 32.3 Å². The lowest BCUT2D eigenvalue weighted by atomic mass is 9.72. The van der Waals surface area contributed by atoms with Gasteiger partial charge in [-0.05, 0) is 24.8 Å². The highest BCUT2D eigenvalue weighted by Crippen LogP contribution is 2.61. The van der Waals surface area contributed by atoms with Crippen LogP contribution in [-0.4, -0.2) is 40.3 Å². The van der Waals surface area contributed by atoms with Gasteiger partial charge >= 0.3 is 0 Å². The number of oxime groups is 1. The Hall–Kier alpha value is -3.21. The molecule has 2 aromatic heterocycles. The van der Waals surface area contributed by atoms with Gasteiger partial charge in [0.15, 0.2) is 0 Å². The molecule has 1 atom stereocenters. The Kier molecular flexibility index (Phi) is 5.52. The van der Waals surface area contributed by atoms with E-state index >= 15 is 0 Å². The summed E-state index contributed by atoms with van der Waals surface area (Å²) >= 11 is 0. The molecule has 2 heterocycles.